The van der Waals surface area contributed by atoms with Gasteiger partial charge in [-0.2, -0.15) is 0 Å². The summed E-state index contributed by atoms with van der Waals surface area (Å²) in [5.74, 6) is 0. The molecule has 0 atom stereocenters. The van der Waals surface area contributed by atoms with Crippen molar-refractivity contribution in [2.75, 3.05) is 4.90 Å². The molecule has 0 aliphatic rings. The van der Waals surface area contributed by atoms with Gasteiger partial charge in [0.15, 0.2) is 0 Å². The van der Waals surface area contributed by atoms with Crippen molar-refractivity contribution in [3.63, 3.8) is 0 Å². The van der Waals surface area contributed by atoms with Crippen molar-refractivity contribution < 1.29 is 8.83 Å². The van der Waals surface area contributed by atoms with Gasteiger partial charge in [-0.25, -0.2) is 0 Å². The molecule has 3 heteroatoms. The fraction of sp³-hybridized carbons (Fsp3) is 0. The van der Waals surface area contributed by atoms with Crippen LogP contribution >= 0.6 is 0 Å². The molecule has 2 heterocycles. The number of para-hydroxylation sites is 2. The lowest BCUT2D eigenvalue weighted by molar-refractivity contribution is 0.668. The Bertz CT molecular complexity index is 3170. The molecular formula is C50H31NO2. The summed E-state index contributed by atoms with van der Waals surface area (Å²) in [4.78, 5) is 2.40. The second-order valence-electron chi connectivity index (χ2n) is 13.6. The highest BCUT2D eigenvalue weighted by Crippen LogP contribution is 2.50. The smallest absolute Gasteiger partial charge is 0.136 e. The van der Waals surface area contributed by atoms with Crippen molar-refractivity contribution in [1.29, 1.82) is 0 Å². The van der Waals surface area contributed by atoms with Gasteiger partial charge in [0.2, 0.25) is 0 Å². The van der Waals surface area contributed by atoms with E-state index in [9.17, 15) is 0 Å². The third-order valence-corrected chi connectivity index (χ3v) is 10.7. The number of anilines is 3. The maximum Gasteiger partial charge on any atom is 0.136 e. The molecule has 3 nitrogen and oxygen atoms in total. The number of benzene rings is 9. The Hall–Kier alpha value is -7.10. The predicted molar refractivity (Wildman–Crippen MR) is 222 cm³/mol. The Balaban J connectivity index is 1.26. The van der Waals surface area contributed by atoms with Crippen LogP contribution in [0.4, 0.5) is 17.1 Å². The van der Waals surface area contributed by atoms with E-state index in [2.05, 4.69) is 175 Å². The van der Waals surface area contributed by atoms with Crippen molar-refractivity contribution in [2.24, 2.45) is 0 Å². The van der Waals surface area contributed by atoms with Crippen LogP contribution in [0.25, 0.3) is 87.7 Å². The molecule has 0 aliphatic heterocycles. The number of nitrogens with zero attached hydrogens (tertiary/aromatic N) is 1. The minimum absolute atomic E-state index is 0.859. The van der Waals surface area contributed by atoms with E-state index in [4.69, 9.17) is 8.83 Å². The van der Waals surface area contributed by atoms with Crippen LogP contribution in [-0.2, 0) is 0 Å². The summed E-state index contributed by atoms with van der Waals surface area (Å²) >= 11 is 0. The number of hydrogen-bond acceptors (Lipinski definition) is 3. The molecule has 2 aromatic heterocycles. The predicted octanol–water partition coefficient (Wildman–Crippen LogP) is 14.6. The SMILES string of the molecule is c1ccc(-c2ccc(N(c3ccc4oc5ccccc5c4c3)c3ccc4oc5ccccc5c4c3-c3cc4ccccc4c4ccccc34)cc2)cc1. The monoisotopic (exact) mass is 677 g/mol. The van der Waals surface area contributed by atoms with Crippen LogP contribution in [0.2, 0.25) is 0 Å². The molecule has 0 bridgehead atoms. The van der Waals surface area contributed by atoms with E-state index in [0.717, 1.165) is 72.1 Å². The van der Waals surface area contributed by atoms with Gasteiger partial charge in [0.1, 0.15) is 22.3 Å². The van der Waals surface area contributed by atoms with E-state index in [-0.39, 0.29) is 0 Å². The molecule has 11 aromatic rings. The first-order valence-electron chi connectivity index (χ1n) is 18.0. The Morgan fingerprint density at radius 1 is 0.340 bits per heavy atom. The summed E-state index contributed by atoms with van der Waals surface area (Å²) < 4.78 is 12.9. The first-order valence-corrected chi connectivity index (χ1v) is 18.0. The highest BCUT2D eigenvalue weighted by atomic mass is 16.3. The second kappa shape index (κ2) is 11.7. The molecule has 0 saturated carbocycles. The van der Waals surface area contributed by atoms with Gasteiger partial charge in [0, 0.05) is 38.5 Å². The maximum absolute atomic E-state index is 6.59. The van der Waals surface area contributed by atoms with E-state index >= 15 is 0 Å². The number of rotatable bonds is 5. The van der Waals surface area contributed by atoms with Crippen LogP contribution in [0.3, 0.4) is 0 Å². The van der Waals surface area contributed by atoms with Crippen LogP contribution in [-0.4, -0.2) is 0 Å². The first-order chi connectivity index (χ1) is 26.3. The average molecular weight is 678 g/mol. The third kappa shape index (κ3) is 4.68. The van der Waals surface area contributed by atoms with Crippen molar-refractivity contribution in [2.45, 2.75) is 0 Å². The van der Waals surface area contributed by atoms with Gasteiger partial charge in [-0.05, 0) is 98.9 Å². The lowest BCUT2D eigenvalue weighted by atomic mass is 9.89. The van der Waals surface area contributed by atoms with Gasteiger partial charge in [-0.15, -0.1) is 0 Å². The standard InChI is InChI=1S/C50H31NO2/c1-2-12-32(13-3-1)33-22-24-35(25-23-33)51(36-26-28-47-42(31-36)40-18-8-10-20-45(40)52-47)44-27-29-48-50(41-19-9-11-21-46(41)53-48)49(44)43-30-34-14-4-5-15-37(34)38-16-6-7-17-39(38)43/h1-31H. The maximum atomic E-state index is 6.59. The van der Waals surface area contributed by atoms with Crippen LogP contribution < -0.4 is 4.90 Å². The summed E-state index contributed by atoms with van der Waals surface area (Å²) in [6, 6.07) is 66.9. The quantitative estimate of drug-likeness (QED) is 0.170. The number of furan rings is 2. The largest absolute Gasteiger partial charge is 0.456 e. The molecule has 0 aliphatic carbocycles. The zero-order valence-electron chi connectivity index (χ0n) is 28.7. The lowest BCUT2D eigenvalue weighted by Crippen LogP contribution is -2.11. The van der Waals surface area contributed by atoms with Crippen molar-refractivity contribution in [1.82, 2.24) is 0 Å². The van der Waals surface area contributed by atoms with Gasteiger partial charge in [0.25, 0.3) is 0 Å². The molecular weight excluding hydrogens is 647 g/mol. The zero-order valence-corrected chi connectivity index (χ0v) is 28.7. The van der Waals surface area contributed by atoms with E-state index in [0.29, 0.717) is 0 Å². The summed E-state index contributed by atoms with van der Waals surface area (Å²) in [7, 11) is 0. The van der Waals surface area contributed by atoms with E-state index in [1.165, 1.54) is 32.7 Å². The van der Waals surface area contributed by atoms with Crippen molar-refractivity contribution in [3.05, 3.63) is 188 Å². The summed E-state index contributed by atoms with van der Waals surface area (Å²) in [6.07, 6.45) is 0. The zero-order chi connectivity index (χ0) is 34.9. The van der Waals surface area contributed by atoms with Gasteiger partial charge < -0.3 is 13.7 Å². The fourth-order valence-corrected chi connectivity index (χ4v) is 8.24. The van der Waals surface area contributed by atoms with Crippen molar-refractivity contribution >= 4 is 82.5 Å². The third-order valence-electron chi connectivity index (χ3n) is 10.7. The highest BCUT2D eigenvalue weighted by Gasteiger charge is 2.25. The molecule has 0 fully saturated rings. The second-order valence-corrected chi connectivity index (χ2v) is 13.6. The van der Waals surface area contributed by atoms with E-state index < -0.39 is 0 Å². The molecule has 0 N–H and O–H groups in total. The van der Waals surface area contributed by atoms with Crippen LogP contribution in [0.5, 0.6) is 0 Å². The summed E-state index contributed by atoms with van der Waals surface area (Å²) in [5, 5.41) is 9.22. The van der Waals surface area contributed by atoms with Gasteiger partial charge in [-0.1, -0.05) is 127 Å². The minimum Gasteiger partial charge on any atom is -0.456 e. The number of hydrogen-bond donors (Lipinski definition) is 0. The van der Waals surface area contributed by atoms with Crippen LogP contribution in [0.1, 0.15) is 0 Å². The minimum atomic E-state index is 0.859. The van der Waals surface area contributed by atoms with Gasteiger partial charge in [-0.3, -0.25) is 0 Å². The Morgan fingerprint density at radius 3 is 1.72 bits per heavy atom. The van der Waals surface area contributed by atoms with Crippen LogP contribution in [0, 0.1) is 0 Å². The first kappa shape index (κ1) is 29.6. The summed E-state index contributed by atoms with van der Waals surface area (Å²) in [6.45, 7) is 0. The van der Waals surface area contributed by atoms with Crippen molar-refractivity contribution in [3.8, 4) is 22.3 Å². The fourth-order valence-electron chi connectivity index (χ4n) is 8.24. The lowest BCUT2D eigenvalue weighted by Gasteiger charge is -2.29. The average Bonchev–Trinajstić information content (AvgIpc) is 3.80. The van der Waals surface area contributed by atoms with Crippen LogP contribution in [0.15, 0.2) is 197 Å². The molecule has 0 unspecified atom stereocenters. The van der Waals surface area contributed by atoms with Gasteiger partial charge in [0.05, 0.1) is 5.69 Å². The topological polar surface area (TPSA) is 29.5 Å². The molecule has 248 valence electrons. The molecule has 11 rings (SSSR count). The summed E-state index contributed by atoms with van der Waals surface area (Å²) in [5.41, 5.74) is 11.3. The normalized spacial score (nSPS) is 11.8. The Labute approximate surface area is 305 Å². The molecule has 0 radical (unpaired) electrons. The Kier molecular flexibility index (Phi) is 6.55. The Morgan fingerprint density at radius 2 is 0.906 bits per heavy atom. The van der Waals surface area contributed by atoms with E-state index in [1.54, 1.807) is 0 Å². The van der Waals surface area contributed by atoms with E-state index in [1.807, 2.05) is 18.2 Å². The molecule has 53 heavy (non-hydrogen) atoms. The highest BCUT2D eigenvalue weighted by molar-refractivity contribution is 6.23. The van der Waals surface area contributed by atoms with Gasteiger partial charge >= 0.3 is 0 Å². The molecule has 0 saturated heterocycles. The molecule has 0 amide bonds. The number of fused-ring (bicyclic) bond motifs is 9. The molecule has 0 spiro atoms. The molecule has 9 aromatic carbocycles.